The van der Waals surface area contributed by atoms with Crippen molar-refractivity contribution in [2.24, 2.45) is 50.7 Å². The molecule has 4 saturated carbocycles. The monoisotopic (exact) mass is 809 g/mol. The summed E-state index contributed by atoms with van der Waals surface area (Å²) >= 11 is 0. The molecule has 0 amide bonds. The summed E-state index contributed by atoms with van der Waals surface area (Å²) in [5.74, 6) is -0.178. The fourth-order valence-corrected chi connectivity index (χ4v) is 14.1. The second kappa shape index (κ2) is 14.6. The van der Waals surface area contributed by atoms with Crippen molar-refractivity contribution in [2.45, 2.75) is 145 Å². The maximum absolute atomic E-state index is 14.6. The van der Waals surface area contributed by atoms with Gasteiger partial charge in [0, 0.05) is 29.9 Å². The molecule has 0 radical (unpaired) electrons. The number of esters is 1. The van der Waals surface area contributed by atoms with Gasteiger partial charge in [0.2, 0.25) is 0 Å². The van der Waals surface area contributed by atoms with E-state index in [1.54, 1.807) is 30.7 Å². The summed E-state index contributed by atoms with van der Waals surface area (Å²) in [4.78, 5) is 56.0. The standard InChI is InChI=1S/C49H68N4O6/c1-30(2)41-34(54)27-49(37-26-39(55)53(52(37)25-24-51(10)11)32-14-12-31(29-50)13-15-32)23-22-47(8)33(42(41)49)16-17-36-46(7)20-19-38(59-40(56)28-44(3,4)43(57)58)45(5,6)35(46)18-21-48(36,47)9/h12-15,26,30,33,35-36,38H,16-25,27-28H2,1-11H3,(H,57,58)/t33-,35+,36-,38+,46+,47-,48-,49+/m1/s1. The fraction of sp³-hybridized carbons (Fsp3) is 0.694. The molecule has 2 aromatic rings. The van der Waals surface area contributed by atoms with Crippen molar-refractivity contribution in [3.63, 3.8) is 0 Å². The smallest absolute Gasteiger partial charge is 0.309 e. The molecule has 7 rings (SSSR count). The number of ketones is 1. The Balaban J connectivity index is 1.27. The summed E-state index contributed by atoms with van der Waals surface area (Å²) < 4.78 is 10.1. The number of hydrogen-bond acceptors (Lipinski definition) is 7. The first-order valence-electron chi connectivity index (χ1n) is 22.2. The Morgan fingerprint density at radius 3 is 2.24 bits per heavy atom. The fourth-order valence-electron chi connectivity index (χ4n) is 14.1. The lowest BCUT2D eigenvalue weighted by Gasteiger charge is -2.72. The van der Waals surface area contributed by atoms with Crippen LogP contribution in [0.2, 0.25) is 0 Å². The minimum Gasteiger partial charge on any atom is -0.481 e. The second-order valence-electron chi connectivity index (χ2n) is 21.7. The number of carbonyl (C=O) groups excluding carboxylic acids is 2. The lowest BCUT2D eigenvalue weighted by molar-refractivity contribution is -0.232. The van der Waals surface area contributed by atoms with Crippen molar-refractivity contribution >= 4 is 17.7 Å². The number of carboxylic acid groups (broad SMARTS) is 1. The van der Waals surface area contributed by atoms with Crippen molar-refractivity contribution in [3.05, 3.63) is 63.1 Å². The van der Waals surface area contributed by atoms with Crippen LogP contribution in [0.3, 0.4) is 0 Å². The lowest BCUT2D eigenvalue weighted by atomic mass is 9.33. The molecule has 5 aliphatic rings. The van der Waals surface area contributed by atoms with Crippen molar-refractivity contribution in [3.8, 4) is 11.8 Å². The number of nitrogens with zero attached hydrogens (tertiary/aromatic N) is 4. The van der Waals surface area contributed by atoms with Crippen LogP contribution in [-0.2, 0) is 31.1 Å². The first kappa shape index (κ1) is 43.1. The summed E-state index contributed by atoms with van der Waals surface area (Å²) in [6, 6.07) is 11.2. The van der Waals surface area contributed by atoms with Crippen LogP contribution in [0.4, 0.5) is 0 Å². The largest absolute Gasteiger partial charge is 0.481 e. The molecule has 8 atom stereocenters. The predicted molar refractivity (Wildman–Crippen MR) is 228 cm³/mol. The number of hydrogen-bond donors (Lipinski definition) is 1. The molecule has 0 aliphatic heterocycles. The highest BCUT2D eigenvalue weighted by atomic mass is 16.5. The van der Waals surface area contributed by atoms with Gasteiger partial charge in [0.05, 0.1) is 41.4 Å². The molecular formula is C49H68N4O6. The Labute approximate surface area is 351 Å². The molecule has 0 spiro atoms. The number of nitriles is 1. The van der Waals surface area contributed by atoms with Crippen LogP contribution in [-0.4, -0.2) is 63.8 Å². The number of aromatic nitrogens is 2. The van der Waals surface area contributed by atoms with Gasteiger partial charge in [-0.2, -0.15) is 5.26 Å². The highest BCUT2D eigenvalue weighted by Crippen LogP contribution is 2.77. The van der Waals surface area contributed by atoms with Gasteiger partial charge in [0.25, 0.3) is 5.56 Å². The van der Waals surface area contributed by atoms with Crippen LogP contribution in [0.15, 0.2) is 46.3 Å². The van der Waals surface area contributed by atoms with Crippen LogP contribution in [0.25, 0.3) is 5.69 Å². The van der Waals surface area contributed by atoms with Gasteiger partial charge >= 0.3 is 11.9 Å². The van der Waals surface area contributed by atoms with Gasteiger partial charge in [-0.1, -0.05) is 48.5 Å². The van der Waals surface area contributed by atoms with Crippen LogP contribution >= 0.6 is 0 Å². The van der Waals surface area contributed by atoms with Gasteiger partial charge < -0.3 is 14.7 Å². The molecule has 0 unspecified atom stereocenters. The number of benzene rings is 1. The second-order valence-corrected chi connectivity index (χ2v) is 21.7. The summed E-state index contributed by atoms with van der Waals surface area (Å²) in [5.41, 5.74) is 2.26. The van der Waals surface area contributed by atoms with Gasteiger partial charge in [0.15, 0.2) is 5.78 Å². The van der Waals surface area contributed by atoms with Gasteiger partial charge in [-0.3, -0.25) is 23.9 Å². The van der Waals surface area contributed by atoms with Gasteiger partial charge in [-0.15, -0.1) is 0 Å². The number of rotatable bonds is 10. The number of allylic oxidation sites excluding steroid dienone is 2. The third kappa shape index (κ3) is 6.50. The maximum Gasteiger partial charge on any atom is 0.309 e. The highest BCUT2D eigenvalue weighted by molar-refractivity contribution is 6.01. The zero-order valence-electron chi connectivity index (χ0n) is 37.5. The third-order valence-electron chi connectivity index (χ3n) is 17.3. The van der Waals surface area contributed by atoms with E-state index >= 15 is 0 Å². The highest BCUT2D eigenvalue weighted by Gasteiger charge is 2.70. The number of fused-ring (bicyclic) bond motifs is 7. The van der Waals surface area contributed by atoms with E-state index in [4.69, 9.17) is 4.74 Å². The number of carbonyl (C=O) groups is 3. The quantitative estimate of drug-likeness (QED) is 0.236. The van der Waals surface area contributed by atoms with Crippen LogP contribution in [0.5, 0.6) is 0 Å². The van der Waals surface area contributed by atoms with Crippen LogP contribution in [0, 0.1) is 62.1 Å². The van der Waals surface area contributed by atoms with Crippen LogP contribution < -0.4 is 5.56 Å². The maximum atomic E-state index is 14.6. The minimum absolute atomic E-state index is 0.00182. The Hall–Kier alpha value is -3.97. The van der Waals surface area contributed by atoms with Crippen LogP contribution in [0.1, 0.15) is 138 Å². The minimum atomic E-state index is -1.18. The van der Waals surface area contributed by atoms with E-state index in [1.807, 2.05) is 32.3 Å². The molecule has 320 valence electrons. The summed E-state index contributed by atoms with van der Waals surface area (Å²) in [6.07, 6.45) is 7.54. The topological polar surface area (TPSA) is 135 Å². The summed E-state index contributed by atoms with van der Waals surface area (Å²) in [5, 5.41) is 19.2. The number of likely N-dealkylation sites (N-methyl/N-ethyl adjacent to an activating group) is 1. The summed E-state index contributed by atoms with van der Waals surface area (Å²) in [6.45, 7) is 20.9. The number of carboxylic acids is 1. The molecule has 1 aromatic heterocycles. The molecule has 1 aromatic carbocycles. The van der Waals surface area contributed by atoms with E-state index in [2.05, 4.69) is 64.1 Å². The molecule has 0 saturated heterocycles. The first-order valence-corrected chi connectivity index (χ1v) is 22.2. The molecule has 59 heavy (non-hydrogen) atoms. The summed E-state index contributed by atoms with van der Waals surface area (Å²) in [7, 11) is 4.08. The Morgan fingerprint density at radius 2 is 1.63 bits per heavy atom. The van der Waals surface area contributed by atoms with E-state index < -0.39 is 22.8 Å². The Bertz CT molecular complexity index is 2170. The van der Waals surface area contributed by atoms with E-state index in [1.165, 1.54) is 5.57 Å². The molecule has 10 heteroatoms. The molecule has 10 nitrogen and oxygen atoms in total. The van der Waals surface area contributed by atoms with E-state index in [0.717, 1.165) is 69.2 Å². The average molecular weight is 809 g/mol. The molecule has 4 fully saturated rings. The molecule has 1 N–H and O–H groups in total. The van der Waals surface area contributed by atoms with E-state index in [9.17, 15) is 29.5 Å². The van der Waals surface area contributed by atoms with E-state index in [-0.39, 0.29) is 57.4 Å². The van der Waals surface area contributed by atoms with Gasteiger partial charge in [0.1, 0.15) is 6.10 Å². The molecular weight excluding hydrogens is 741 g/mol. The molecule has 0 bridgehead atoms. The van der Waals surface area contributed by atoms with E-state index in [0.29, 0.717) is 36.1 Å². The number of aliphatic carboxylic acids is 1. The van der Waals surface area contributed by atoms with Crippen molar-refractivity contribution < 1.29 is 24.2 Å². The molecule has 1 heterocycles. The van der Waals surface area contributed by atoms with Crippen molar-refractivity contribution in [1.82, 2.24) is 14.3 Å². The Morgan fingerprint density at radius 1 is 0.949 bits per heavy atom. The van der Waals surface area contributed by atoms with Gasteiger partial charge in [-0.05, 0) is 155 Å². The first-order chi connectivity index (χ1) is 27.5. The van der Waals surface area contributed by atoms with Crippen molar-refractivity contribution in [2.75, 3.05) is 20.6 Å². The normalized spacial score (nSPS) is 33.9. The average Bonchev–Trinajstić information content (AvgIpc) is 3.65. The SMILES string of the molecule is CC(C)C1=C2[C@H]3CC[C@@H]4[C@@]5(C)CC[C@H](OC(=O)CC(C)(C)C(=O)O)C(C)(C)[C@@H]5CC[C@@]4(C)[C@]3(C)CC[C@@]2(c2cc(=O)n(-c3ccc(C#N)cc3)n2CCN(C)C)CC1=O. The Kier molecular flexibility index (Phi) is 10.7. The lowest BCUT2D eigenvalue weighted by Crippen LogP contribution is -2.66. The zero-order valence-corrected chi connectivity index (χ0v) is 37.5. The van der Waals surface area contributed by atoms with Gasteiger partial charge in [-0.25, -0.2) is 4.68 Å². The third-order valence-corrected chi connectivity index (χ3v) is 17.3. The number of Topliss-reactive ketones (excluding diaryl/α,β-unsaturated/α-hetero) is 1. The predicted octanol–water partition coefficient (Wildman–Crippen LogP) is 8.72. The molecule has 5 aliphatic carbocycles. The number of ether oxygens (including phenoxy) is 1. The zero-order chi connectivity index (χ0) is 43.2. The van der Waals surface area contributed by atoms with Crippen molar-refractivity contribution in [1.29, 1.82) is 5.26 Å².